The van der Waals surface area contributed by atoms with Gasteiger partial charge >= 0.3 is 0 Å². The summed E-state index contributed by atoms with van der Waals surface area (Å²) in [5.41, 5.74) is 0. The molecule has 1 aromatic heterocycles. The monoisotopic (exact) mass is 222 g/mol. The van der Waals surface area contributed by atoms with Crippen LogP contribution in [0.15, 0.2) is 11.6 Å². The Hall–Kier alpha value is -0.570. The zero-order valence-electron chi connectivity index (χ0n) is 9.06. The maximum absolute atomic E-state index is 4.40. The van der Waals surface area contributed by atoms with Gasteiger partial charge in [0.15, 0.2) is 5.13 Å². The van der Waals surface area contributed by atoms with E-state index in [1.165, 1.54) is 50.3 Å². The van der Waals surface area contributed by atoms with Crippen molar-refractivity contribution < 1.29 is 0 Å². The fourth-order valence-corrected chi connectivity index (χ4v) is 3.83. The Bertz CT molecular complexity index is 303. The van der Waals surface area contributed by atoms with Gasteiger partial charge in [0.1, 0.15) is 0 Å². The Labute approximate surface area is 95.3 Å². The predicted octanol–water partition coefficient (Wildman–Crippen LogP) is 3.16. The van der Waals surface area contributed by atoms with Crippen molar-refractivity contribution in [1.82, 2.24) is 4.98 Å². The summed E-state index contributed by atoms with van der Waals surface area (Å²) >= 11 is 1.78. The molecule has 1 atom stereocenters. The molecule has 1 aromatic rings. The predicted molar refractivity (Wildman–Crippen MR) is 64.4 cm³/mol. The van der Waals surface area contributed by atoms with Crippen LogP contribution in [0, 0.1) is 11.8 Å². The Morgan fingerprint density at radius 2 is 2.07 bits per heavy atom. The van der Waals surface area contributed by atoms with Crippen LogP contribution >= 0.6 is 11.3 Å². The van der Waals surface area contributed by atoms with E-state index < -0.39 is 0 Å². The molecule has 2 aliphatic rings. The first-order valence-electron chi connectivity index (χ1n) is 6.08. The van der Waals surface area contributed by atoms with Gasteiger partial charge in [0, 0.05) is 24.7 Å². The van der Waals surface area contributed by atoms with Crippen LogP contribution in [0.4, 0.5) is 5.13 Å². The maximum atomic E-state index is 4.40. The number of hydrogen-bond acceptors (Lipinski definition) is 3. The summed E-state index contributed by atoms with van der Waals surface area (Å²) in [7, 11) is 0. The Kier molecular flexibility index (Phi) is 2.65. The lowest BCUT2D eigenvalue weighted by Crippen LogP contribution is -2.21. The number of nitrogens with zero attached hydrogens (tertiary/aromatic N) is 2. The van der Waals surface area contributed by atoms with Crippen LogP contribution in [-0.2, 0) is 0 Å². The van der Waals surface area contributed by atoms with Crippen LogP contribution in [0.2, 0.25) is 0 Å². The fraction of sp³-hybridized carbons (Fsp3) is 0.750. The highest BCUT2D eigenvalue weighted by Gasteiger charge is 2.31. The summed E-state index contributed by atoms with van der Waals surface area (Å²) in [5, 5.41) is 3.31. The first-order valence-corrected chi connectivity index (χ1v) is 6.96. The molecule has 3 heteroatoms. The summed E-state index contributed by atoms with van der Waals surface area (Å²) in [6, 6.07) is 0. The molecule has 0 radical (unpaired) electrons. The zero-order valence-corrected chi connectivity index (χ0v) is 9.88. The first kappa shape index (κ1) is 9.64. The smallest absolute Gasteiger partial charge is 0.185 e. The molecule has 0 amide bonds. The van der Waals surface area contributed by atoms with Crippen molar-refractivity contribution in [2.45, 2.75) is 32.1 Å². The fourth-order valence-electron chi connectivity index (χ4n) is 3.15. The summed E-state index contributed by atoms with van der Waals surface area (Å²) in [6.45, 7) is 2.49. The molecule has 2 heterocycles. The van der Waals surface area contributed by atoms with Crippen molar-refractivity contribution >= 4 is 16.5 Å². The third-order valence-electron chi connectivity index (χ3n) is 3.98. The van der Waals surface area contributed by atoms with Gasteiger partial charge in [-0.25, -0.2) is 4.98 Å². The van der Waals surface area contributed by atoms with Gasteiger partial charge < -0.3 is 4.90 Å². The lowest BCUT2D eigenvalue weighted by atomic mass is 9.90. The number of thiazole rings is 1. The minimum Gasteiger partial charge on any atom is -0.348 e. The first-order chi connectivity index (χ1) is 7.43. The molecular formula is C12H18N2S. The summed E-state index contributed by atoms with van der Waals surface area (Å²) < 4.78 is 0. The van der Waals surface area contributed by atoms with Crippen molar-refractivity contribution in [1.29, 1.82) is 0 Å². The van der Waals surface area contributed by atoms with Crippen molar-refractivity contribution in [2.75, 3.05) is 18.0 Å². The minimum atomic E-state index is 0.955. The molecule has 2 nitrogen and oxygen atoms in total. The lowest BCUT2D eigenvalue weighted by molar-refractivity contribution is 0.369. The van der Waals surface area contributed by atoms with Crippen LogP contribution in [0.1, 0.15) is 32.1 Å². The van der Waals surface area contributed by atoms with Crippen LogP contribution < -0.4 is 4.90 Å². The summed E-state index contributed by atoms with van der Waals surface area (Å²) in [5.74, 6) is 1.98. The van der Waals surface area contributed by atoms with E-state index in [9.17, 15) is 0 Å². The molecule has 2 fully saturated rings. The van der Waals surface area contributed by atoms with Gasteiger partial charge in [-0.2, -0.15) is 0 Å². The molecule has 3 rings (SSSR count). The molecular weight excluding hydrogens is 204 g/mol. The van der Waals surface area contributed by atoms with Crippen LogP contribution in [0.5, 0.6) is 0 Å². The average molecular weight is 222 g/mol. The van der Waals surface area contributed by atoms with Gasteiger partial charge in [0.2, 0.25) is 0 Å². The van der Waals surface area contributed by atoms with Gasteiger partial charge in [0.25, 0.3) is 0 Å². The molecule has 1 saturated heterocycles. The number of hydrogen-bond donors (Lipinski definition) is 0. The third-order valence-corrected chi connectivity index (χ3v) is 4.81. The van der Waals surface area contributed by atoms with E-state index in [0.717, 1.165) is 11.8 Å². The van der Waals surface area contributed by atoms with E-state index in [1.807, 2.05) is 6.20 Å². The van der Waals surface area contributed by atoms with E-state index in [4.69, 9.17) is 0 Å². The van der Waals surface area contributed by atoms with Crippen molar-refractivity contribution in [3.8, 4) is 0 Å². The van der Waals surface area contributed by atoms with E-state index in [0.29, 0.717) is 0 Å². The van der Waals surface area contributed by atoms with Gasteiger partial charge in [-0.15, -0.1) is 11.3 Å². The molecule has 0 spiro atoms. The highest BCUT2D eigenvalue weighted by molar-refractivity contribution is 7.13. The second-order valence-corrected chi connectivity index (χ2v) is 5.73. The molecule has 1 aliphatic carbocycles. The van der Waals surface area contributed by atoms with Gasteiger partial charge in [0.05, 0.1) is 0 Å². The van der Waals surface area contributed by atoms with E-state index in [2.05, 4.69) is 15.3 Å². The molecule has 1 saturated carbocycles. The van der Waals surface area contributed by atoms with Gasteiger partial charge in [-0.3, -0.25) is 0 Å². The molecule has 0 N–H and O–H groups in total. The molecule has 15 heavy (non-hydrogen) atoms. The molecule has 0 aromatic carbocycles. The SMILES string of the molecule is c1csc(N2CCC(C3CCCC3)C2)n1. The summed E-state index contributed by atoms with van der Waals surface area (Å²) in [6.07, 6.45) is 9.22. The molecule has 82 valence electrons. The Morgan fingerprint density at radius 3 is 2.80 bits per heavy atom. The Balaban J connectivity index is 1.63. The quantitative estimate of drug-likeness (QED) is 0.764. The molecule has 1 aliphatic heterocycles. The largest absolute Gasteiger partial charge is 0.348 e. The maximum Gasteiger partial charge on any atom is 0.185 e. The van der Waals surface area contributed by atoms with Crippen molar-refractivity contribution in [2.24, 2.45) is 11.8 Å². The number of aromatic nitrogens is 1. The number of rotatable bonds is 2. The average Bonchev–Trinajstić information content (AvgIpc) is 3.02. The normalized spacial score (nSPS) is 27.7. The van der Waals surface area contributed by atoms with Crippen molar-refractivity contribution in [3.63, 3.8) is 0 Å². The topological polar surface area (TPSA) is 16.1 Å². The van der Waals surface area contributed by atoms with E-state index in [1.54, 1.807) is 11.3 Å². The summed E-state index contributed by atoms with van der Waals surface area (Å²) in [4.78, 5) is 6.88. The Morgan fingerprint density at radius 1 is 1.20 bits per heavy atom. The minimum absolute atomic E-state index is 0.955. The second-order valence-electron chi connectivity index (χ2n) is 4.85. The molecule has 0 bridgehead atoms. The van der Waals surface area contributed by atoms with E-state index in [-0.39, 0.29) is 0 Å². The second kappa shape index (κ2) is 4.12. The lowest BCUT2D eigenvalue weighted by Gasteiger charge is -2.19. The van der Waals surface area contributed by atoms with Gasteiger partial charge in [-0.05, 0) is 18.3 Å². The van der Waals surface area contributed by atoms with Gasteiger partial charge in [-0.1, -0.05) is 25.7 Å². The third kappa shape index (κ3) is 1.89. The van der Waals surface area contributed by atoms with Crippen LogP contribution in [0.3, 0.4) is 0 Å². The highest BCUT2D eigenvalue weighted by atomic mass is 32.1. The van der Waals surface area contributed by atoms with E-state index >= 15 is 0 Å². The number of anilines is 1. The standard InChI is InChI=1S/C12H18N2S/c1-2-4-10(3-1)11-5-7-14(9-11)12-13-6-8-15-12/h6,8,10-11H,1-5,7,9H2. The van der Waals surface area contributed by atoms with Crippen molar-refractivity contribution in [3.05, 3.63) is 11.6 Å². The molecule has 1 unspecified atom stereocenters. The van der Waals surface area contributed by atoms with Crippen LogP contribution in [-0.4, -0.2) is 18.1 Å². The highest BCUT2D eigenvalue weighted by Crippen LogP contribution is 2.37. The zero-order chi connectivity index (χ0) is 10.1. The van der Waals surface area contributed by atoms with Crippen LogP contribution in [0.25, 0.3) is 0 Å².